The van der Waals surface area contributed by atoms with Crippen molar-refractivity contribution < 1.29 is 28.6 Å². The van der Waals surface area contributed by atoms with E-state index in [9.17, 15) is 14.4 Å². The molecule has 0 fully saturated rings. The minimum absolute atomic E-state index is 0.103. The minimum atomic E-state index is -0.804. The standard InChI is InChI=1S/C47H76O6/c1-4-7-10-13-16-19-20-21-22-23-24-25-26-29-31-34-37-40-46(49)52-43-44(53-47(50)41-38-35-32-28-18-15-12-9-6-3)42-51-45(48)39-36-33-30-27-17-14-11-8-5-2/h7,10,13,16,19-26,28,32,44H,4-6,8-9,11-12,14-15,17-18,27,29-31,33-43H2,1-3H3/b10-7-,16-13-,20-19-,22-21-,24-23+,26-25-,32-28-. The first-order chi connectivity index (χ1) is 26.0. The molecule has 0 radical (unpaired) electrons. The molecule has 6 heteroatoms. The number of rotatable bonds is 36. The van der Waals surface area contributed by atoms with Gasteiger partial charge in [0.05, 0.1) is 0 Å². The minimum Gasteiger partial charge on any atom is -0.462 e. The molecule has 6 nitrogen and oxygen atoms in total. The molecule has 0 N–H and O–H groups in total. The van der Waals surface area contributed by atoms with E-state index < -0.39 is 6.10 Å². The summed E-state index contributed by atoms with van der Waals surface area (Å²) in [6.45, 7) is 6.34. The van der Waals surface area contributed by atoms with E-state index >= 15 is 0 Å². The van der Waals surface area contributed by atoms with E-state index in [2.05, 4.69) is 45.1 Å². The highest BCUT2D eigenvalue weighted by Gasteiger charge is 2.19. The third-order valence-corrected chi connectivity index (χ3v) is 8.55. The molecular formula is C47H76O6. The highest BCUT2D eigenvalue weighted by Crippen LogP contribution is 2.12. The van der Waals surface area contributed by atoms with E-state index in [4.69, 9.17) is 14.2 Å². The average Bonchev–Trinajstić information content (AvgIpc) is 3.15. The summed E-state index contributed by atoms with van der Waals surface area (Å²) in [6, 6.07) is 0. The molecule has 0 bridgehead atoms. The lowest BCUT2D eigenvalue weighted by atomic mass is 10.1. The second-order valence-electron chi connectivity index (χ2n) is 13.7. The maximum atomic E-state index is 12.6. The van der Waals surface area contributed by atoms with Crippen LogP contribution in [0.2, 0.25) is 0 Å². The van der Waals surface area contributed by atoms with Crippen molar-refractivity contribution in [3.8, 4) is 0 Å². The smallest absolute Gasteiger partial charge is 0.306 e. The van der Waals surface area contributed by atoms with Crippen LogP contribution in [0.5, 0.6) is 0 Å². The second kappa shape index (κ2) is 41.3. The summed E-state index contributed by atoms with van der Waals surface area (Å²) in [7, 11) is 0. The largest absolute Gasteiger partial charge is 0.462 e. The van der Waals surface area contributed by atoms with Crippen LogP contribution in [0.1, 0.15) is 175 Å². The monoisotopic (exact) mass is 737 g/mol. The third kappa shape index (κ3) is 39.6. The zero-order chi connectivity index (χ0) is 38.7. The molecule has 0 aromatic heterocycles. The predicted molar refractivity (Wildman–Crippen MR) is 224 cm³/mol. The number of ether oxygens (including phenoxy) is 3. The molecule has 1 unspecified atom stereocenters. The summed E-state index contributed by atoms with van der Waals surface area (Å²) in [5.74, 6) is -0.998. The molecule has 0 aromatic rings. The van der Waals surface area contributed by atoms with E-state index in [-0.39, 0.29) is 37.5 Å². The Morgan fingerprint density at radius 2 is 0.774 bits per heavy atom. The van der Waals surface area contributed by atoms with Crippen LogP contribution in [-0.2, 0) is 28.6 Å². The van der Waals surface area contributed by atoms with Crippen LogP contribution >= 0.6 is 0 Å². The van der Waals surface area contributed by atoms with Gasteiger partial charge in [0, 0.05) is 19.3 Å². The Labute approximate surface area is 325 Å². The van der Waals surface area contributed by atoms with E-state index in [0.717, 1.165) is 64.2 Å². The van der Waals surface area contributed by atoms with Crippen molar-refractivity contribution in [2.45, 2.75) is 181 Å². The molecule has 0 heterocycles. The Hall–Kier alpha value is -3.41. The third-order valence-electron chi connectivity index (χ3n) is 8.55. The van der Waals surface area contributed by atoms with Gasteiger partial charge in [-0.1, -0.05) is 183 Å². The Morgan fingerprint density at radius 3 is 1.28 bits per heavy atom. The van der Waals surface area contributed by atoms with Gasteiger partial charge in [-0.05, 0) is 57.8 Å². The van der Waals surface area contributed by atoms with Crippen LogP contribution in [0.3, 0.4) is 0 Å². The molecular weight excluding hydrogens is 661 g/mol. The van der Waals surface area contributed by atoms with Gasteiger partial charge in [-0.25, -0.2) is 0 Å². The predicted octanol–water partition coefficient (Wildman–Crippen LogP) is 13.3. The van der Waals surface area contributed by atoms with E-state index in [1.54, 1.807) is 0 Å². The first-order valence-electron chi connectivity index (χ1n) is 21.2. The molecule has 0 aliphatic rings. The van der Waals surface area contributed by atoms with E-state index in [0.29, 0.717) is 19.3 Å². The maximum absolute atomic E-state index is 12.6. The molecule has 53 heavy (non-hydrogen) atoms. The van der Waals surface area contributed by atoms with Crippen LogP contribution in [-0.4, -0.2) is 37.2 Å². The fourth-order valence-electron chi connectivity index (χ4n) is 5.36. The van der Waals surface area contributed by atoms with Crippen molar-refractivity contribution in [1.29, 1.82) is 0 Å². The second-order valence-corrected chi connectivity index (χ2v) is 13.7. The van der Waals surface area contributed by atoms with Gasteiger partial charge in [-0.15, -0.1) is 0 Å². The molecule has 0 spiro atoms. The highest BCUT2D eigenvalue weighted by atomic mass is 16.6. The van der Waals surface area contributed by atoms with Crippen LogP contribution in [0.15, 0.2) is 85.1 Å². The van der Waals surface area contributed by atoms with Gasteiger partial charge < -0.3 is 14.2 Å². The molecule has 0 rings (SSSR count). The summed E-state index contributed by atoms with van der Waals surface area (Å²) >= 11 is 0. The zero-order valence-corrected chi connectivity index (χ0v) is 34.0. The van der Waals surface area contributed by atoms with Gasteiger partial charge in [-0.2, -0.15) is 0 Å². The number of unbranched alkanes of at least 4 members (excludes halogenated alkanes) is 16. The molecule has 0 aliphatic carbocycles. The van der Waals surface area contributed by atoms with Crippen molar-refractivity contribution in [2.24, 2.45) is 0 Å². The van der Waals surface area contributed by atoms with Crippen molar-refractivity contribution in [2.75, 3.05) is 13.2 Å². The SMILES string of the molecule is CC\C=C/C=C\C=C/C=C\C=C\C=C/CCCCCC(=O)OCC(COC(=O)CCCCCCCCCCC)OC(=O)CCC/C=C\CCCCCC. The highest BCUT2D eigenvalue weighted by molar-refractivity contribution is 5.71. The maximum Gasteiger partial charge on any atom is 0.306 e. The van der Waals surface area contributed by atoms with Crippen LogP contribution in [0, 0.1) is 0 Å². The van der Waals surface area contributed by atoms with Crippen LogP contribution in [0.4, 0.5) is 0 Å². The summed E-state index contributed by atoms with van der Waals surface area (Å²) in [5, 5.41) is 0. The average molecular weight is 737 g/mol. The van der Waals surface area contributed by atoms with E-state index in [1.165, 1.54) is 64.2 Å². The normalized spacial score (nSPS) is 12.9. The van der Waals surface area contributed by atoms with Crippen molar-refractivity contribution >= 4 is 17.9 Å². The Bertz CT molecular complexity index is 1080. The van der Waals surface area contributed by atoms with E-state index in [1.807, 2.05) is 60.8 Å². The number of carbonyl (C=O) groups is 3. The molecule has 0 saturated heterocycles. The Balaban J connectivity index is 4.48. The topological polar surface area (TPSA) is 78.9 Å². The summed E-state index contributed by atoms with van der Waals surface area (Å²) in [4.78, 5) is 37.5. The first-order valence-corrected chi connectivity index (χ1v) is 21.2. The lowest BCUT2D eigenvalue weighted by Gasteiger charge is -2.18. The zero-order valence-electron chi connectivity index (χ0n) is 34.0. The number of allylic oxidation sites excluding steroid dienone is 14. The van der Waals surface area contributed by atoms with Gasteiger partial charge in [0.25, 0.3) is 0 Å². The van der Waals surface area contributed by atoms with Gasteiger partial charge >= 0.3 is 17.9 Å². The molecule has 0 aliphatic heterocycles. The number of hydrogen-bond acceptors (Lipinski definition) is 6. The van der Waals surface area contributed by atoms with Gasteiger partial charge in [0.1, 0.15) is 13.2 Å². The molecule has 0 saturated carbocycles. The first kappa shape index (κ1) is 49.6. The summed E-state index contributed by atoms with van der Waals surface area (Å²) < 4.78 is 16.5. The lowest BCUT2D eigenvalue weighted by molar-refractivity contribution is -0.167. The van der Waals surface area contributed by atoms with Crippen LogP contribution in [0.25, 0.3) is 0 Å². The van der Waals surface area contributed by atoms with Crippen molar-refractivity contribution in [1.82, 2.24) is 0 Å². The van der Waals surface area contributed by atoms with Crippen molar-refractivity contribution in [3.05, 3.63) is 85.1 Å². The summed E-state index contributed by atoms with van der Waals surface area (Å²) in [5.41, 5.74) is 0. The molecule has 0 amide bonds. The fourth-order valence-corrected chi connectivity index (χ4v) is 5.36. The van der Waals surface area contributed by atoms with Gasteiger partial charge in [0.2, 0.25) is 0 Å². The van der Waals surface area contributed by atoms with Crippen molar-refractivity contribution in [3.63, 3.8) is 0 Å². The van der Waals surface area contributed by atoms with Gasteiger partial charge in [-0.3, -0.25) is 14.4 Å². The Morgan fingerprint density at radius 1 is 0.396 bits per heavy atom. The molecule has 1 atom stereocenters. The number of carbonyl (C=O) groups excluding carboxylic acids is 3. The number of hydrogen-bond donors (Lipinski definition) is 0. The molecule has 0 aromatic carbocycles. The summed E-state index contributed by atoms with van der Waals surface area (Å²) in [6.07, 6.45) is 51.5. The number of esters is 3. The quantitative estimate of drug-likeness (QED) is 0.0209. The fraction of sp³-hybridized carbons (Fsp3) is 0.638. The van der Waals surface area contributed by atoms with Gasteiger partial charge in [0.15, 0.2) is 6.10 Å². The molecule has 300 valence electrons. The lowest BCUT2D eigenvalue weighted by Crippen LogP contribution is -2.30. The Kier molecular flexibility index (Phi) is 38.7. The van der Waals surface area contributed by atoms with Crippen LogP contribution < -0.4 is 0 Å².